The van der Waals surface area contributed by atoms with Crippen molar-refractivity contribution < 1.29 is 4.92 Å². The maximum atomic E-state index is 10.6. The van der Waals surface area contributed by atoms with Crippen molar-refractivity contribution in [3.8, 4) is 0 Å². The zero-order valence-electron chi connectivity index (χ0n) is 13.0. The van der Waals surface area contributed by atoms with Gasteiger partial charge in [-0.15, -0.1) is 0 Å². The SMILES string of the molecule is CCCCCCCCCCCCCC(CC)[N+](=O)[O-]. The van der Waals surface area contributed by atoms with Crippen molar-refractivity contribution in [2.24, 2.45) is 0 Å². The number of rotatable bonds is 14. The van der Waals surface area contributed by atoms with Crippen molar-refractivity contribution in [2.75, 3.05) is 0 Å². The lowest BCUT2D eigenvalue weighted by Crippen LogP contribution is -2.17. The highest BCUT2D eigenvalue weighted by Gasteiger charge is 2.15. The summed E-state index contributed by atoms with van der Waals surface area (Å²) in [6.45, 7) is 4.16. The molecule has 0 N–H and O–H groups in total. The van der Waals surface area contributed by atoms with Gasteiger partial charge in [0.25, 0.3) is 0 Å². The molecule has 1 unspecified atom stereocenters. The minimum absolute atomic E-state index is 0.115. The van der Waals surface area contributed by atoms with Crippen molar-refractivity contribution in [3.05, 3.63) is 10.1 Å². The predicted octanol–water partition coefficient (Wildman–Crippen LogP) is 5.74. The zero-order chi connectivity index (χ0) is 14.3. The molecule has 0 aromatic carbocycles. The van der Waals surface area contributed by atoms with Gasteiger partial charge in [0.2, 0.25) is 6.04 Å². The van der Waals surface area contributed by atoms with Gasteiger partial charge >= 0.3 is 0 Å². The van der Waals surface area contributed by atoms with Crippen LogP contribution in [0.4, 0.5) is 0 Å². The van der Waals surface area contributed by atoms with E-state index >= 15 is 0 Å². The number of hydrogen-bond acceptors (Lipinski definition) is 2. The van der Waals surface area contributed by atoms with Crippen LogP contribution in [0.25, 0.3) is 0 Å². The van der Waals surface area contributed by atoms with Crippen LogP contribution in [0.5, 0.6) is 0 Å². The van der Waals surface area contributed by atoms with Gasteiger partial charge < -0.3 is 0 Å². The van der Waals surface area contributed by atoms with Crippen LogP contribution in [0.1, 0.15) is 97.3 Å². The summed E-state index contributed by atoms with van der Waals surface area (Å²) >= 11 is 0. The summed E-state index contributed by atoms with van der Waals surface area (Å²) in [6, 6.07) is -0.307. The van der Waals surface area contributed by atoms with Gasteiger partial charge in [0.15, 0.2) is 0 Å². The largest absolute Gasteiger partial charge is 0.264 e. The molecule has 0 radical (unpaired) electrons. The molecule has 3 heteroatoms. The third-order valence-electron chi connectivity index (χ3n) is 3.91. The van der Waals surface area contributed by atoms with Crippen LogP contribution in [0.15, 0.2) is 0 Å². The summed E-state index contributed by atoms with van der Waals surface area (Å²) in [4.78, 5) is 10.5. The maximum Gasteiger partial charge on any atom is 0.212 e. The number of hydrogen-bond donors (Lipinski definition) is 0. The molecule has 0 aliphatic rings. The van der Waals surface area contributed by atoms with E-state index in [4.69, 9.17) is 0 Å². The van der Waals surface area contributed by atoms with Crippen LogP contribution >= 0.6 is 0 Å². The second kappa shape index (κ2) is 13.8. The molecule has 0 aliphatic carbocycles. The molecule has 0 spiro atoms. The standard InChI is InChI=1S/C16H33NO2/c1-3-5-6-7-8-9-10-11-12-13-14-15-16(4-2)17(18)19/h16H,3-15H2,1-2H3. The second-order valence-electron chi connectivity index (χ2n) is 5.67. The van der Waals surface area contributed by atoms with Crippen LogP contribution in [0.3, 0.4) is 0 Å². The van der Waals surface area contributed by atoms with E-state index in [9.17, 15) is 10.1 Å². The van der Waals surface area contributed by atoms with Crippen molar-refractivity contribution in [2.45, 2.75) is 103 Å². The number of unbranched alkanes of at least 4 members (excludes halogenated alkanes) is 10. The highest BCUT2D eigenvalue weighted by atomic mass is 16.6. The Labute approximate surface area is 119 Å². The second-order valence-corrected chi connectivity index (χ2v) is 5.67. The molecule has 0 aromatic heterocycles. The minimum atomic E-state index is -0.307. The Morgan fingerprint density at radius 2 is 1.21 bits per heavy atom. The van der Waals surface area contributed by atoms with Crippen LogP contribution < -0.4 is 0 Å². The molecule has 0 saturated carbocycles. The summed E-state index contributed by atoms with van der Waals surface area (Å²) < 4.78 is 0. The molecule has 0 rings (SSSR count). The van der Waals surface area contributed by atoms with Crippen molar-refractivity contribution in [3.63, 3.8) is 0 Å². The third kappa shape index (κ3) is 12.2. The van der Waals surface area contributed by atoms with Crippen LogP contribution in [0.2, 0.25) is 0 Å². The van der Waals surface area contributed by atoms with E-state index in [1.807, 2.05) is 6.92 Å². The molecule has 0 heterocycles. The first kappa shape index (κ1) is 18.4. The fraction of sp³-hybridized carbons (Fsp3) is 1.00. The summed E-state index contributed by atoms with van der Waals surface area (Å²) in [7, 11) is 0. The van der Waals surface area contributed by atoms with E-state index in [2.05, 4.69) is 6.92 Å². The first-order chi connectivity index (χ1) is 9.22. The molecule has 1 atom stereocenters. The van der Waals surface area contributed by atoms with Crippen molar-refractivity contribution >= 4 is 0 Å². The molecule has 0 saturated heterocycles. The van der Waals surface area contributed by atoms with Gasteiger partial charge in [-0.3, -0.25) is 10.1 Å². The fourth-order valence-corrected chi connectivity index (χ4v) is 2.50. The Kier molecular flexibility index (Phi) is 13.4. The number of nitrogens with zero attached hydrogens (tertiary/aromatic N) is 1. The van der Waals surface area contributed by atoms with Gasteiger partial charge in [-0.05, 0) is 6.42 Å². The summed E-state index contributed by atoms with van der Waals surface area (Å²) in [6.07, 6.45) is 15.8. The Morgan fingerprint density at radius 3 is 1.58 bits per heavy atom. The molecule has 0 aliphatic heterocycles. The zero-order valence-corrected chi connectivity index (χ0v) is 13.0. The highest BCUT2D eigenvalue weighted by Crippen LogP contribution is 2.13. The smallest absolute Gasteiger partial charge is 0.212 e. The Morgan fingerprint density at radius 1 is 0.789 bits per heavy atom. The molecule has 0 bridgehead atoms. The predicted molar refractivity (Wildman–Crippen MR) is 82.2 cm³/mol. The van der Waals surface area contributed by atoms with Crippen LogP contribution in [-0.4, -0.2) is 11.0 Å². The van der Waals surface area contributed by atoms with E-state index < -0.39 is 0 Å². The quantitative estimate of drug-likeness (QED) is 0.229. The Bertz CT molecular complexity index is 207. The van der Waals surface area contributed by atoms with Crippen LogP contribution in [-0.2, 0) is 0 Å². The summed E-state index contributed by atoms with van der Waals surface area (Å²) in [5, 5.41) is 10.6. The lowest BCUT2D eigenvalue weighted by molar-refractivity contribution is -0.523. The van der Waals surface area contributed by atoms with Crippen molar-refractivity contribution in [1.29, 1.82) is 0 Å². The highest BCUT2D eigenvalue weighted by molar-refractivity contribution is 4.55. The average Bonchev–Trinajstić information content (AvgIpc) is 2.40. The van der Waals surface area contributed by atoms with Crippen molar-refractivity contribution in [1.82, 2.24) is 0 Å². The molecule has 0 fully saturated rings. The van der Waals surface area contributed by atoms with E-state index in [-0.39, 0.29) is 11.0 Å². The number of nitro groups is 1. The molecule has 3 nitrogen and oxygen atoms in total. The lowest BCUT2D eigenvalue weighted by atomic mass is 10.0. The van der Waals surface area contributed by atoms with Gasteiger partial charge in [0.1, 0.15) is 0 Å². The van der Waals surface area contributed by atoms with Gasteiger partial charge in [-0.2, -0.15) is 0 Å². The third-order valence-corrected chi connectivity index (χ3v) is 3.91. The first-order valence-electron chi connectivity index (χ1n) is 8.35. The first-order valence-corrected chi connectivity index (χ1v) is 8.35. The van der Waals surface area contributed by atoms with Gasteiger partial charge in [-0.25, -0.2) is 0 Å². The fourth-order valence-electron chi connectivity index (χ4n) is 2.50. The van der Waals surface area contributed by atoms with E-state index in [0.29, 0.717) is 6.42 Å². The Balaban J connectivity index is 3.16. The monoisotopic (exact) mass is 271 g/mol. The molecule has 0 aromatic rings. The topological polar surface area (TPSA) is 43.1 Å². The minimum Gasteiger partial charge on any atom is -0.264 e. The average molecular weight is 271 g/mol. The Hall–Kier alpha value is -0.600. The van der Waals surface area contributed by atoms with Gasteiger partial charge in [0, 0.05) is 17.8 Å². The normalized spacial score (nSPS) is 12.5. The lowest BCUT2D eigenvalue weighted by Gasteiger charge is -2.06. The van der Waals surface area contributed by atoms with Gasteiger partial charge in [-0.1, -0.05) is 78.1 Å². The molecule has 0 amide bonds. The molecule has 19 heavy (non-hydrogen) atoms. The molecular formula is C16H33NO2. The summed E-state index contributed by atoms with van der Waals surface area (Å²) in [5.74, 6) is 0. The van der Waals surface area contributed by atoms with Gasteiger partial charge in [0.05, 0.1) is 0 Å². The van der Waals surface area contributed by atoms with E-state index in [0.717, 1.165) is 12.8 Å². The molecule has 114 valence electrons. The van der Waals surface area contributed by atoms with E-state index in [1.54, 1.807) is 0 Å². The maximum absolute atomic E-state index is 10.6. The van der Waals surface area contributed by atoms with Crippen LogP contribution in [0, 0.1) is 10.1 Å². The molecular weight excluding hydrogens is 238 g/mol. The van der Waals surface area contributed by atoms with E-state index in [1.165, 1.54) is 64.2 Å². The summed E-state index contributed by atoms with van der Waals surface area (Å²) in [5.41, 5.74) is 0.